The van der Waals surface area contributed by atoms with Crippen LogP contribution in [0.2, 0.25) is 0 Å². The summed E-state index contributed by atoms with van der Waals surface area (Å²) in [4.78, 5) is 39.2. The zero-order valence-corrected chi connectivity index (χ0v) is 16.1. The van der Waals surface area contributed by atoms with Gasteiger partial charge in [0, 0.05) is 51.5 Å². The Balaban J connectivity index is 1.53. The molecule has 0 saturated carbocycles. The monoisotopic (exact) mass is 376 g/mol. The van der Waals surface area contributed by atoms with E-state index in [1.807, 2.05) is 0 Å². The maximum Gasteiger partial charge on any atom is 0.409 e. The topological polar surface area (TPSA) is 90.9 Å². The van der Waals surface area contributed by atoms with E-state index < -0.39 is 0 Å². The molecular formula is C18H28N6O3. The molecule has 1 N–H and O–H groups in total. The standard InChI is InChI=1S/C18H28N6O3/c1-3-27-18(26)24-8-5-14(6-9-24)20-16(25)15-4-7-19-17(21-15)23-12-10-22(2)11-13-23/h4,7,14H,3,5-6,8-13H2,1-2H3,(H,20,25). The average Bonchev–Trinajstić information content (AvgIpc) is 2.69. The number of amides is 2. The van der Waals surface area contributed by atoms with Gasteiger partial charge >= 0.3 is 6.09 Å². The van der Waals surface area contributed by atoms with Gasteiger partial charge in [0.2, 0.25) is 5.95 Å². The number of piperazine rings is 1. The Labute approximate surface area is 159 Å². The van der Waals surface area contributed by atoms with Gasteiger partial charge < -0.3 is 24.8 Å². The minimum atomic E-state index is -0.283. The number of likely N-dealkylation sites (tertiary alicyclic amines) is 1. The van der Waals surface area contributed by atoms with Crippen molar-refractivity contribution < 1.29 is 14.3 Å². The Morgan fingerprint density at radius 2 is 1.89 bits per heavy atom. The molecule has 9 heteroatoms. The van der Waals surface area contributed by atoms with Crippen LogP contribution < -0.4 is 10.2 Å². The zero-order chi connectivity index (χ0) is 19.2. The average molecular weight is 376 g/mol. The second-order valence-corrected chi connectivity index (χ2v) is 6.97. The second-order valence-electron chi connectivity index (χ2n) is 6.97. The normalized spacial score (nSPS) is 19.0. The summed E-state index contributed by atoms with van der Waals surface area (Å²) in [5, 5.41) is 3.03. The molecule has 2 aliphatic heterocycles. The van der Waals surface area contributed by atoms with E-state index in [-0.39, 0.29) is 18.0 Å². The lowest BCUT2D eigenvalue weighted by molar-refractivity contribution is 0.0856. The molecule has 2 fully saturated rings. The van der Waals surface area contributed by atoms with Crippen LogP contribution in [0, 0.1) is 0 Å². The van der Waals surface area contributed by atoms with E-state index in [1.165, 1.54) is 0 Å². The van der Waals surface area contributed by atoms with Crippen molar-refractivity contribution in [1.82, 2.24) is 25.1 Å². The fourth-order valence-electron chi connectivity index (χ4n) is 3.31. The molecule has 0 unspecified atom stereocenters. The van der Waals surface area contributed by atoms with Crippen LogP contribution in [-0.2, 0) is 4.74 Å². The number of aromatic nitrogens is 2. The third kappa shape index (κ3) is 5.06. The van der Waals surface area contributed by atoms with Crippen molar-refractivity contribution in [2.24, 2.45) is 0 Å². The largest absolute Gasteiger partial charge is 0.450 e. The fraction of sp³-hybridized carbons (Fsp3) is 0.667. The number of hydrogen-bond donors (Lipinski definition) is 1. The number of hydrogen-bond acceptors (Lipinski definition) is 7. The van der Waals surface area contributed by atoms with E-state index >= 15 is 0 Å². The maximum atomic E-state index is 12.6. The Morgan fingerprint density at radius 3 is 2.56 bits per heavy atom. The number of ether oxygens (including phenoxy) is 1. The van der Waals surface area contributed by atoms with Crippen molar-refractivity contribution in [2.45, 2.75) is 25.8 Å². The number of piperidine rings is 1. The van der Waals surface area contributed by atoms with Crippen molar-refractivity contribution >= 4 is 17.9 Å². The van der Waals surface area contributed by atoms with E-state index in [0.29, 0.717) is 44.2 Å². The summed E-state index contributed by atoms with van der Waals surface area (Å²) in [5.41, 5.74) is 0.381. The van der Waals surface area contributed by atoms with E-state index in [0.717, 1.165) is 26.2 Å². The van der Waals surface area contributed by atoms with Crippen molar-refractivity contribution in [2.75, 3.05) is 57.8 Å². The third-order valence-corrected chi connectivity index (χ3v) is 5.02. The summed E-state index contributed by atoms with van der Waals surface area (Å²) in [6.45, 7) is 6.96. The SMILES string of the molecule is CCOC(=O)N1CCC(NC(=O)c2ccnc(N3CCN(C)CC3)n2)CC1. The first kappa shape index (κ1) is 19.3. The number of nitrogens with one attached hydrogen (secondary N) is 1. The Morgan fingerprint density at radius 1 is 1.19 bits per heavy atom. The van der Waals surface area contributed by atoms with Gasteiger partial charge in [0.1, 0.15) is 5.69 Å². The lowest BCUT2D eigenvalue weighted by Crippen LogP contribution is -2.47. The third-order valence-electron chi connectivity index (χ3n) is 5.02. The predicted molar refractivity (Wildman–Crippen MR) is 101 cm³/mol. The molecule has 0 spiro atoms. The number of carbonyl (C=O) groups is 2. The van der Waals surface area contributed by atoms with E-state index in [2.05, 4.69) is 32.1 Å². The van der Waals surface area contributed by atoms with E-state index in [9.17, 15) is 9.59 Å². The van der Waals surface area contributed by atoms with Crippen LogP contribution in [0.1, 0.15) is 30.3 Å². The van der Waals surface area contributed by atoms with Gasteiger partial charge in [0.15, 0.2) is 0 Å². The number of anilines is 1. The zero-order valence-electron chi connectivity index (χ0n) is 16.1. The first-order valence-corrected chi connectivity index (χ1v) is 9.56. The first-order valence-electron chi connectivity index (χ1n) is 9.56. The van der Waals surface area contributed by atoms with Crippen LogP contribution in [-0.4, -0.2) is 90.7 Å². The highest BCUT2D eigenvalue weighted by atomic mass is 16.6. The van der Waals surface area contributed by atoms with Gasteiger partial charge in [-0.2, -0.15) is 0 Å². The quantitative estimate of drug-likeness (QED) is 0.822. The van der Waals surface area contributed by atoms with Crippen molar-refractivity contribution in [1.29, 1.82) is 0 Å². The molecule has 1 aromatic rings. The van der Waals surface area contributed by atoms with E-state index in [1.54, 1.807) is 24.1 Å². The van der Waals surface area contributed by atoms with Gasteiger partial charge in [-0.05, 0) is 32.9 Å². The molecule has 3 heterocycles. The molecule has 1 aromatic heterocycles. The minimum Gasteiger partial charge on any atom is -0.450 e. The molecule has 27 heavy (non-hydrogen) atoms. The molecule has 0 atom stereocenters. The van der Waals surface area contributed by atoms with Crippen LogP contribution in [0.4, 0.5) is 10.7 Å². The van der Waals surface area contributed by atoms with Gasteiger partial charge in [-0.15, -0.1) is 0 Å². The number of carbonyl (C=O) groups excluding carboxylic acids is 2. The first-order chi connectivity index (χ1) is 13.1. The Hall–Kier alpha value is -2.42. The lowest BCUT2D eigenvalue weighted by Gasteiger charge is -2.32. The molecule has 2 amide bonds. The highest BCUT2D eigenvalue weighted by molar-refractivity contribution is 5.92. The second kappa shape index (κ2) is 8.98. The fourth-order valence-corrected chi connectivity index (χ4v) is 3.31. The van der Waals surface area contributed by atoms with Gasteiger partial charge in [0.25, 0.3) is 5.91 Å². The lowest BCUT2D eigenvalue weighted by atomic mass is 10.1. The summed E-state index contributed by atoms with van der Waals surface area (Å²) in [5.74, 6) is 0.412. The smallest absolute Gasteiger partial charge is 0.409 e. The summed E-state index contributed by atoms with van der Waals surface area (Å²) >= 11 is 0. The highest BCUT2D eigenvalue weighted by Gasteiger charge is 2.25. The number of nitrogens with zero attached hydrogens (tertiary/aromatic N) is 5. The molecule has 2 aliphatic rings. The summed E-state index contributed by atoms with van der Waals surface area (Å²) < 4.78 is 5.02. The van der Waals surface area contributed by atoms with Gasteiger partial charge in [-0.3, -0.25) is 4.79 Å². The number of rotatable bonds is 4. The van der Waals surface area contributed by atoms with Crippen LogP contribution in [0.3, 0.4) is 0 Å². The molecule has 0 aromatic carbocycles. The van der Waals surface area contributed by atoms with Crippen molar-refractivity contribution in [3.8, 4) is 0 Å². The summed E-state index contributed by atoms with van der Waals surface area (Å²) in [7, 11) is 2.09. The Bertz CT molecular complexity index is 654. The van der Waals surface area contributed by atoms with Gasteiger partial charge in [0.05, 0.1) is 6.61 Å². The molecule has 9 nitrogen and oxygen atoms in total. The predicted octanol–water partition coefficient (Wildman–Crippen LogP) is 0.579. The molecule has 0 radical (unpaired) electrons. The molecule has 148 valence electrons. The summed E-state index contributed by atoms with van der Waals surface area (Å²) in [6.07, 6.45) is 2.77. The molecule has 0 bridgehead atoms. The van der Waals surface area contributed by atoms with Crippen LogP contribution in [0.15, 0.2) is 12.3 Å². The minimum absolute atomic E-state index is 0.0326. The van der Waals surface area contributed by atoms with Crippen molar-refractivity contribution in [3.05, 3.63) is 18.0 Å². The van der Waals surface area contributed by atoms with Crippen LogP contribution in [0.25, 0.3) is 0 Å². The van der Waals surface area contributed by atoms with Gasteiger partial charge in [-0.1, -0.05) is 0 Å². The summed E-state index contributed by atoms with van der Waals surface area (Å²) in [6, 6.07) is 1.67. The molecular weight excluding hydrogens is 348 g/mol. The van der Waals surface area contributed by atoms with Crippen LogP contribution in [0.5, 0.6) is 0 Å². The molecule has 2 saturated heterocycles. The molecule has 3 rings (SSSR count). The highest BCUT2D eigenvalue weighted by Crippen LogP contribution is 2.14. The Kier molecular flexibility index (Phi) is 6.44. The number of likely N-dealkylation sites (N-methyl/N-ethyl adjacent to an activating group) is 1. The molecule has 0 aliphatic carbocycles. The van der Waals surface area contributed by atoms with E-state index in [4.69, 9.17) is 4.74 Å². The van der Waals surface area contributed by atoms with Gasteiger partial charge in [-0.25, -0.2) is 14.8 Å². The van der Waals surface area contributed by atoms with Crippen molar-refractivity contribution in [3.63, 3.8) is 0 Å². The maximum absolute atomic E-state index is 12.6. The van der Waals surface area contributed by atoms with Crippen LogP contribution >= 0.6 is 0 Å².